The molecule has 1 fully saturated rings. The average Bonchev–Trinajstić information content (AvgIpc) is 3.67. The van der Waals surface area contributed by atoms with E-state index < -0.39 is 93.4 Å². The molecule has 2 aromatic rings. The highest BCUT2D eigenvalue weighted by atomic mass is 35.5. The van der Waals surface area contributed by atoms with Gasteiger partial charge in [-0.25, -0.2) is 0 Å². The molecule has 8 nitrogen and oxygen atoms in total. The lowest BCUT2D eigenvalue weighted by Crippen LogP contribution is -2.42. The summed E-state index contributed by atoms with van der Waals surface area (Å²) in [6, 6.07) is 9.03. The summed E-state index contributed by atoms with van der Waals surface area (Å²) in [6.45, 7) is -18.8. The zero-order chi connectivity index (χ0) is 42.1. The van der Waals surface area contributed by atoms with Crippen LogP contribution in [0, 0.1) is 5.92 Å². The van der Waals surface area contributed by atoms with Crippen LogP contribution in [0.5, 0.6) is 17.2 Å². The van der Waals surface area contributed by atoms with Crippen LogP contribution in [-0.4, -0.2) is 66.8 Å². The molecule has 2 aromatic carbocycles. The molecule has 4 rings (SSSR count). The summed E-state index contributed by atoms with van der Waals surface area (Å²) in [7, 11) is 1.36. The molecule has 1 unspecified atom stereocenters. The maximum absolute atomic E-state index is 14.5. The number of halogens is 1. The van der Waals surface area contributed by atoms with Crippen molar-refractivity contribution in [3.8, 4) is 17.2 Å². The Bertz CT molecular complexity index is 1720. The van der Waals surface area contributed by atoms with E-state index in [-0.39, 0.29) is 37.1 Å². The summed E-state index contributed by atoms with van der Waals surface area (Å²) < 4.78 is 162. The number of carbonyl (C=O) groups excluding carboxylic acids is 1. The highest BCUT2D eigenvalue weighted by Gasteiger charge is 2.48. The van der Waals surface area contributed by atoms with Gasteiger partial charge in [-0.05, 0) is 48.1 Å². The topological polar surface area (TPSA) is 88.5 Å². The van der Waals surface area contributed by atoms with Crippen LogP contribution in [0.1, 0.15) is 87.0 Å². The average molecular weight is 565 g/mol. The first-order valence-electron chi connectivity index (χ1n) is 20.1. The normalized spacial score (nSPS) is 30.1. The van der Waals surface area contributed by atoms with Gasteiger partial charge in [-0.1, -0.05) is 44.6 Å². The fraction of sp³-hybridized carbons (Fsp3) is 0.517. The minimum atomic E-state index is -4.53. The number of hydrogen-bond acceptors (Lipinski definition) is 6. The molecular formula is C29H39ClN2O6. The number of carboxylic acids is 1. The van der Waals surface area contributed by atoms with E-state index in [2.05, 4.69) is 0 Å². The number of rotatable bonds is 12. The molecular weight excluding hydrogens is 508 g/mol. The molecule has 0 saturated carbocycles. The Balaban J connectivity index is 0.00000841. The highest BCUT2D eigenvalue weighted by molar-refractivity contribution is 5.85. The van der Waals surface area contributed by atoms with Crippen molar-refractivity contribution < 1.29 is 53.6 Å². The number of amides is 1. The van der Waals surface area contributed by atoms with Gasteiger partial charge in [-0.2, -0.15) is 0 Å². The van der Waals surface area contributed by atoms with Gasteiger partial charge < -0.3 is 24.2 Å². The van der Waals surface area contributed by atoms with Crippen molar-refractivity contribution in [2.24, 2.45) is 5.92 Å². The molecule has 208 valence electrons. The van der Waals surface area contributed by atoms with Gasteiger partial charge in [0.25, 0.3) is 0 Å². The maximum Gasteiger partial charge on any atom is 0.309 e. The largest absolute Gasteiger partial charge is 0.497 e. The van der Waals surface area contributed by atoms with Crippen LogP contribution in [-0.2, 0) is 9.59 Å². The van der Waals surface area contributed by atoms with Crippen LogP contribution < -0.4 is 14.2 Å². The first kappa shape index (κ1) is 13.4. The summed E-state index contributed by atoms with van der Waals surface area (Å²) >= 11 is 0. The van der Waals surface area contributed by atoms with E-state index in [1.807, 2.05) is 0 Å². The van der Waals surface area contributed by atoms with E-state index in [0.717, 1.165) is 4.90 Å². The summed E-state index contributed by atoms with van der Waals surface area (Å²) in [5.74, 6) is -4.83. The quantitative estimate of drug-likeness (QED) is 0.383. The van der Waals surface area contributed by atoms with Crippen LogP contribution >= 0.6 is 12.4 Å². The Hall–Kier alpha value is -2.97. The summed E-state index contributed by atoms with van der Waals surface area (Å²) in [6.07, 6.45) is -17.4. The van der Waals surface area contributed by atoms with Crippen molar-refractivity contribution in [2.75, 3.05) is 40.0 Å². The molecule has 2 heterocycles. The van der Waals surface area contributed by atoms with E-state index in [1.165, 1.54) is 49.6 Å². The van der Waals surface area contributed by atoms with Gasteiger partial charge in [0.05, 0.1) is 19.6 Å². The number of benzene rings is 2. The van der Waals surface area contributed by atoms with Crippen LogP contribution in [0.2, 0.25) is 0 Å². The molecule has 0 radical (unpaired) electrons. The monoisotopic (exact) mass is 564 g/mol. The molecule has 2 aliphatic rings. The van der Waals surface area contributed by atoms with Crippen LogP contribution in [0.3, 0.4) is 0 Å². The van der Waals surface area contributed by atoms with Gasteiger partial charge in [-0.15, -0.1) is 12.4 Å². The molecule has 0 aromatic heterocycles. The molecule has 3 atom stereocenters. The molecule has 2 aliphatic heterocycles. The van der Waals surface area contributed by atoms with Crippen LogP contribution in [0.25, 0.3) is 0 Å². The molecule has 1 saturated heterocycles. The molecule has 1 amide bonds. The SMILES string of the molecule is Cl.[2H]C([2H])([2H])C([2H])([2H])C([2H])([2H])C([2H])([2H])N(C(=O)CN1C[C@H](c2ccc3c(c2)OCO3)C(C(=O)O)[C@@H]1c1ccc(OC)cc1)C([2H])([2H])C([2H])([2H])C([2H])([2H])C([2H])([2H])[2H]. The van der Waals surface area contributed by atoms with Crippen LogP contribution in [0.15, 0.2) is 42.5 Å². The van der Waals surface area contributed by atoms with E-state index >= 15 is 0 Å². The third-order valence-electron chi connectivity index (χ3n) is 6.21. The lowest BCUT2D eigenvalue weighted by Gasteiger charge is -2.30. The van der Waals surface area contributed by atoms with Gasteiger partial charge in [0.1, 0.15) is 5.75 Å². The first-order valence-corrected chi connectivity index (χ1v) is 11.1. The molecule has 1 N–H and O–H groups in total. The zero-order valence-electron chi connectivity index (χ0n) is 38.2. The lowest BCUT2D eigenvalue weighted by molar-refractivity contribution is -0.144. The number of carbonyl (C=O) groups is 2. The fourth-order valence-electron chi connectivity index (χ4n) is 4.64. The Morgan fingerprint density at radius 1 is 1.08 bits per heavy atom. The Kier molecular flexibility index (Phi) is 4.83. The van der Waals surface area contributed by atoms with E-state index in [4.69, 9.17) is 38.9 Å². The number of fused-ring (bicyclic) bond motifs is 1. The van der Waals surface area contributed by atoms with Gasteiger partial charge >= 0.3 is 5.97 Å². The van der Waals surface area contributed by atoms with Gasteiger partial charge in [-0.3, -0.25) is 14.5 Å². The second-order valence-corrected chi connectivity index (χ2v) is 8.18. The molecule has 0 aliphatic carbocycles. The van der Waals surface area contributed by atoms with E-state index in [0.29, 0.717) is 17.1 Å². The standard InChI is InChI=1S/C29H38N2O6.ClH/c1-4-6-14-30(15-7-5-2)26(32)18-31-17-23(21-10-13-24-25(16-21)37-19-36-24)27(29(33)34)28(31)20-8-11-22(35-3)12-9-20;/h8-13,16,23,27-28H,4-7,14-15,17-19H2,1-3H3,(H,33,34);1H/t23-,27?,28+;/m1./s1/i1D3,2D3,4D2,5D2,6D2,7D2,14D2,15D2;. The second-order valence-electron chi connectivity index (χ2n) is 8.18. The smallest absolute Gasteiger partial charge is 0.309 e. The molecule has 9 heteroatoms. The van der Waals surface area contributed by atoms with Crippen molar-refractivity contribution in [1.29, 1.82) is 0 Å². The minimum absolute atomic E-state index is 0. The van der Waals surface area contributed by atoms with Gasteiger partial charge in [0.15, 0.2) is 11.5 Å². The number of likely N-dealkylation sites (tertiary alicyclic amines) is 1. The van der Waals surface area contributed by atoms with E-state index in [1.54, 1.807) is 0 Å². The van der Waals surface area contributed by atoms with Crippen LogP contribution in [0.4, 0.5) is 0 Å². The Morgan fingerprint density at radius 2 is 1.74 bits per heavy atom. The number of ether oxygens (including phenoxy) is 3. The molecule has 38 heavy (non-hydrogen) atoms. The third-order valence-corrected chi connectivity index (χ3v) is 6.21. The fourth-order valence-corrected chi connectivity index (χ4v) is 4.64. The number of aliphatic carboxylic acids is 1. The van der Waals surface area contributed by atoms with Crippen molar-refractivity contribution in [2.45, 2.75) is 51.2 Å². The highest BCUT2D eigenvalue weighted by Crippen LogP contribution is 2.47. The van der Waals surface area contributed by atoms with Crippen molar-refractivity contribution in [3.05, 3.63) is 53.6 Å². The predicted molar refractivity (Wildman–Crippen MR) is 147 cm³/mol. The molecule has 0 bridgehead atoms. The summed E-state index contributed by atoms with van der Waals surface area (Å²) in [5.41, 5.74) is 0.585. The predicted octanol–water partition coefficient (Wildman–Crippen LogP) is 5.12. The van der Waals surface area contributed by atoms with Gasteiger partial charge in [0.2, 0.25) is 12.7 Å². The number of methoxy groups -OCH3 is 1. The second kappa shape index (κ2) is 13.7. The summed E-state index contributed by atoms with van der Waals surface area (Å²) in [4.78, 5) is 27.9. The number of carboxylic acid groups (broad SMARTS) is 1. The van der Waals surface area contributed by atoms with Crippen molar-refractivity contribution in [1.82, 2.24) is 9.80 Å². The molecule has 0 spiro atoms. The Labute approximate surface area is 256 Å². The lowest BCUT2D eigenvalue weighted by atomic mass is 9.82. The minimum Gasteiger partial charge on any atom is -0.497 e. The Morgan fingerprint density at radius 3 is 2.37 bits per heavy atom. The number of hydrogen-bond donors (Lipinski definition) is 1. The van der Waals surface area contributed by atoms with Crippen molar-refractivity contribution in [3.63, 3.8) is 0 Å². The summed E-state index contributed by atoms with van der Waals surface area (Å²) in [5, 5.41) is 10.6. The van der Waals surface area contributed by atoms with Gasteiger partial charge in [0, 0.05) is 56.2 Å². The van der Waals surface area contributed by atoms with E-state index in [9.17, 15) is 14.7 Å². The maximum atomic E-state index is 14.5. The number of nitrogens with zero attached hydrogens (tertiary/aromatic N) is 2. The first-order chi connectivity index (χ1) is 24.8. The zero-order valence-corrected chi connectivity index (χ0v) is 21.0. The third kappa shape index (κ3) is 6.53. The van der Waals surface area contributed by atoms with Crippen molar-refractivity contribution >= 4 is 24.3 Å².